The van der Waals surface area contributed by atoms with Crippen LogP contribution >= 0.6 is 0 Å². The molecule has 2 nitrogen and oxygen atoms in total. The molecule has 64 valence electrons. The van der Waals surface area contributed by atoms with Crippen LogP contribution in [0, 0.1) is 11.6 Å². The number of carbonyl (C=O) groups excluding carboxylic acids is 1. The van der Waals surface area contributed by atoms with E-state index < -0.39 is 11.6 Å². The summed E-state index contributed by atoms with van der Waals surface area (Å²) in [7, 11) is 0. The molecule has 1 aromatic carbocycles. The van der Waals surface area contributed by atoms with Gasteiger partial charge >= 0.3 is 0 Å². The molecule has 0 radical (unpaired) electrons. The summed E-state index contributed by atoms with van der Waals surface area (Å²) in [5.41, 5.74) is 0.0297. The highest BCUT2D eigenvalue weighted by Gasteiger charge is 2.02. The lowest BCUT2D eigenvalue weighted by Gasteiger charge is -2.00. The lowest BCUT2D eigenvalue weighted by molar-refractivity contribution is -0.129. The maximum absolute atomic E-state index is 12.7. The van der Waals surface area contributed by atoms with Gasteiger partial charge in [-0.25, -0.2) is 8.78 Å². The van der Waals surface area contributed by atoms with Gasteiger partial charge in [-0.05, 0) is 18.2 Å². The highest BCUT2D eigenvalue weighted by Crippen LogP contribution is 2.09. The average Bonchev–Trinajstić information content (AvgIpc) is 2.07. The first-order chi connectivity index (χ1) is 5.74. The number of hydrogen-bond acceptors (Lipinski definition) is 2. The summed E-state index contributed by atoms with van der Waals surface area (Å²) in [6.07, 6.45) is 0. The zero-order valence-corrected chi connectivity index (χ0v) is 6.09. The Morgan fingerprint density at radius 1 is 1.42 bits per heavy atom. The molecule has 0 amide bonds. The Morgan fingerprint density at radius 3 is 2.83 bits per heavy atom. The SMILES string of the molecule is O=COCc1cc(F)ccc1F. The van der Waals surface area contributed by atoms with E-state index in [1.54, 1.807) is 0 Å². The first-order valence-electron chi connectivity index (χ1n) is 3.23. The Labute approximate surface area is 67.8 Å². The van der Waals surface area contributed by atoms with E-state index in [0.29, 0.717) is 0 Å². The second kappa shape index (κ2) is 3.80. The van der Waals surface area contributed by atoms with E-state index in [-0.39, 0.29) is 18.6 Å². The molecule has 0 saturated heterocycles. The molecule has 1 rings (SSSR count). The third kappa shape index (κ3) is 2.02. The van der Waals surface area contributed by atoms with E-state index in [2.05, 4.69) is 4.74 Å². The Morgan fingerprint density at radius 2 is 2.17 bits per heavy atom. The fraction of sp³-hybridized carbons (Fsp3) is 0.125. The first-order valence-corrected chi connectivity index (χ1v) is 3.23. The van der Waals surface area contributed by atoms with Gasteiger partial charge in [0.25, 0.3) is 6.47 Å². The van der Waals surface area contributed by atoms with E-state index >= 15 is 0 Å². The van der Waals surface area contributed by atoms with Crippen molar-refractivity contribution >= 4 is 6.47 Å². The molecule has 0 aromatic heterocycles. The monoisotopic (exact) mass is 172 g/mol. The maximum Gasteiger partial charge on any atom is 0.293 e. The third-order valence-corrected chi connectivity index (χ3v) is 1.31. The van der Waals surface area contributed by atoms with Crippen molar-refractivity contribution in [2.45, 2.75) is 6.61 Å². The molecule has 0 bridgehead atoms. The van der Waals surface area contributed by atoms with Crippen molar-refractivity contribution in [2.75, 3.05) is 0 Å². The zero-order chi connectivity index (χ0) is 8.97. The van der Waals surface area contributed by atoms with Gasteiger partial charge in [-0.1, -0.05) is 0 Å². The summed E-state index contributed by atoms with van der Waals surface area (Å²) < 4.78 is 29.5. The van der Waals surface area contributed by atoms with Crippen molar-refractivity contribution in [2.24, 2.45) is 0 Å². The van der Waals surface area contributed by atoms with Gasteiger partial charge in [0, 0.05) is 5.56 Å². The fourth-order valence-electron chi connectivity index (χ4n) is 0.778. The molecule has 0 N–H and O–H groups in total. The maximum atomic E-state index is 12.7. The van der Waals surface area contributed by atoms with Gasteiger partial charge in [-0.15, -0.1) is 0 Å². The third-order valence-electron chi connectivity index (χ3n) is 1.31. The largest absolute Gasteiger partial charge is 0.463 e. The Hall–Kier alpha value is -1.45. The molecule has 0 heterocycles. The van der Waals surface area contributed by atoms with Crippen molar-refractivity contribution in [3.05, 3.63) is 35.4 Å². The molecule has 1 aromatic rings. The molecule has 0 spiro atoms. The van der Waals surface area contributed by atoms with Crippen LogP contribution < -0.4 is 0 Å². The van der Waals surface area contributed by atoms with Crippen LogP contribution in [0.4, 0.5) is 8.78 Å². The minimum Gasteiger partial charge on any atom is -0.463 e. The predicted molar refractivity (Wildman–Crippen MR) is 37.2 cm³/mol. The number of carbonyl (C=O) groups is 1. The van der Waals surface area contributed by atoms with Crippen molar-refractivity contribution in [1.82, 2.24) is 0 Å². The minimum absolute atomic E-state index is 0.0297. The smallest absolute Gasteiger partial charge is 0.293 e. The topological polar surface area (TPSA) is 26.3 Å². The number of hydrogen-bond donors (Lipinski definition) is 0. The predicted octanol–water partition coefficient (Wildman–Crippen LogP) is 1.64. The van der Waals surface area contributed by atoms with Gasteiger partial charge in [0.15, 0.2) is 0 Å². The van der Waals surface area contributed by atoms with Crippen molar-refractivity contribution < 1.29 is 18.3 Å². The molecular weight excluding hydrogens is 166 g/mol. The lowest BCUT2D eigenvalue weighted by Crippen LogP contribution is -1.94. The molecule has 0 atom stereocenters. The Kier molecular flexibility index (Phi) is 2.74. The van der Waals surface area contributed by atoms with Crippen LogP contribution in [-0.4, -0.2) is 6.47 Å². The molecule has 0 saturated carbocycles. The summed E-state index contributed by atoms with van der Waals surface area (Å²) in [4.78, 5) is 9.74. The van der Waals surface area contributed by atoms with Gasteiger partial charge in [-0.2, -0.15) is 0 Å². The summed E-state index contributed by atoms with van der Waals surface area (Å²) in [6, 6.07) is 2.97. The summed E-state index contributed by atoms with van der Waals surface area (Å²) in [6.45, 7) is -0.0581. The Balaban J connectivity index is 2.82. The standard InChI is InChI=1S/C8H6F2O2/c9-7-1-2-8(10)6(3-7)4-12-5-11/h1-3,5H,4H2. The summed E-state index contributed by atoms with van der Waals surface area (Å²) >= 11 is 0. The summed E-state index contributed by atoms with van der Waals surface area (Å²) in [5.74, 6) is -1.14. The molecule has 0 aliphatic heterocycles. The van der Waals surface area contributed by atoms with Gasteiger partial charge in [0.05, 0.1) is 0 Å². The minimum atomic E-state index is -0.585. The van der Waals surface area contributed by atoms with Crippen molar-refractivity contribution in [3.63, 3.8) is 0 Å². The normalized spacial score (nSPS) is 9.50. The second-order valence-electron chi connectivity index (χ2n) is 2.14. The molecule has 4 heteroatoms. The lowest BCUT2D eigenvalue weighted by atomic mass is 10.2. The number of benzene rings is 1. The van der Waals surface area contributed by atoms with Gasteiger partial charge in [-0.3, -0.25) is 4.79 Å². The molecule has 0 aliphatic rings. The van der Waals surface area contributed by atoms with Crippen LogP contribution in [0.1, 0.15) is 5.56 Å². The van der Waals surface area contributed by atoms with Crippen LogP contribution in [0.3, 0.4) is 0 Å². The highest BCUT2D eigenvalue weighted by atomic mass is 19.1. The highest BCUT2D eigenvalue weighted by molar-refractivity contribution is 5.37. The van der Waals surface area contributed by atoms with E-state index in [9.17, 15) is 13.6 Å². The van der Waals surface area contributed by atoms with E-state index in [4.69, 9.17) is 0 Å². The number of halogens is 2. The van der Waals surface area contributed by atoms with Crippen LogP contribution in [0.25, 0.3) is 0 Å². The van der Waals surface area contributed by atoms with E-state index in [0.717, 1.165) is 18.2 Å². The van der Waals surface area contributed by atoms with Crippen molar-refractivity contribution in [3.8, 4) is 0 Å². The molecule has 12 heavy (non-hydrogen) atoms. The van der Waals surface area contributed by atoms with E-state index in [1.807, 2.05) is 0 Å². The van der Waals surface area contributed by atoms with Gasteiger partial charge < -0.3 is 4.74 Å². The molecule has 0 fully saturated rings. The second-order valence-corrected chi connectivity index (χ2v) is 2.14. The fourth-order valence-corrected chi connectivity index (χ4v) is 0.778. The van der Waals surface area contributed by atoms with Crippen molar-refractivity contribution in [1.29, 1.82) is 0 Å². The first kappa shape index (κ1) is 8.64. The average molecular weight is 172 g/mol. The Bertz CT molecular complexity index is 286. The molecular formula is C8H6F2O2. The van der Waals surface area contributed by atoms with Crippen LogP contribution in [-0.2, 0) is 16.1 Å². The van der Waals surface area contributed by atoms with Crippen LogP contribution in [0.15, 0.2) is 18.2 Å². The quantitative estimate of drug-likeness (QED) is 0.648. The van der Waals surface area contributed by atoms with Crippen LogP contribution in [0.2, 0.25) is 0 Å². The van der Waals surface area contributed by atoms with Crippen LogP contribution in [0.5, 0.6) is 0 Å². The number of ether oxygens (including phenoxy) is 1. The molecule has 0 aliphatic carbocycles. The van der Waals surface area contributed by atoms with E-state index in [1.165, 1.54) is 0 Å². The number of rotatable bonds is 3. The van der Waals surface area contributed by atoms with Gasteiger partial charge in [0.2, 0.25) is 0 Å². The summed E-state index contributed by atoms with van der Waals surface area (Å²) in [5, 5.41) is 0. The van der Waals surface area contributed by atoms with Gasteiger partial charge in [0.1, 0.15) is 18.2 Å². The molecule has 0 unspecified atom stereocenters. The zero-order valence-electron chi connectivity index (χ0n) is 6.09.